The van der Waals surface area contributed by atoms with Gasteiger partial charge in [0.15, 0.2) is 5.96 Å². The van der Waals surface area contributed by atoms with Gasteiger partial charge in [0.2, 0.25) is 0 Å². The van der Waals surface area contributed by atoms with Crippen LogP contribution in [0.1, 0.15) is 23.6 Å². The van der Waals surface area contributed by atoms with Crippen molar-refractivity contribution in [2.45, 2.75) is 32.2 Å². The monoisotopic (exact) mass is 320 g/mol. The number of hydrogen-bond donors (Lipinski definition) is 1. The van der Waals surface area contributed by atoms with Crippen molar-refractivity contribution in [2.75, 3.05) is 7.05 Å². The summed E-state index contributed by atoms with van der Waals surface area (Å²) in [5, 5.41) is 0. The van der Waals surface area contributed by atoms with Crippen molar-refractivity contribution in [2.24, 2.45) is 10.7 Å². The predicted molar refractivity (Wildman–Crippen MR) is 98.7 cm³/mol. The third-order valence-electron chi connectivity index (χ3n) is 4.49. The molecule has 4 heteroatoms. The third-order valence-corrected chi connectivity index (χ3v) is 4.49. The summed E-state index contributed by atoms with van der Waals surface area (Å²) in [5.74, 6) is 0.592. The lowest BCUT2D eigenvalue weighted by Crippen LogP contribution is -2.41. The number of benzene rings is 1. The first kappa shape index (κ1) is 16.2. The van der Waals surface area contributed by atoms with Crippen molar-refractivity contribution in [3.63, 3.8) is 0 Å². The molecule has 2 aromatic rings. The van der Waals surface area contributed by atoms with E-state index in [4.69, 9.17) is 5.73 Å². The van der Waals surface area contributed by atoms with Crippen LogP contribution in [0.5, 0.6) is 0 Å². The van der Waals surface area contributed by atoms with E-state index in [9.17, 15) is 0 Å². The molecular formula is C20H24N4. The van der Waals surface area contributed by atoms with E-state index in [0.29, 0.717) is 5.96 Å². The van der Waals surface area contributed by atoms with Crippen LogP contribution >= 0.6 is 0 Å². The van der Waals surface area contributed by atoms with E-state index < -0.39 is 0 Å². The van der Waals surface area contributed by atoms with Gasteiger partial charge in [-0.25, -0.2) is 4.99 Å². The van der Waals surface area contributed by atoms with Crippen LogP contribution in [-0.4, -0.2) is 28.9 Å². The van der Waals surface area contributed by atoms with Gasteiger partial charge in [0.05, 0.1) is 0 Å². The highest BCUT2D eigenvalue weighted by Gasteiger charge is 2.16. The van der Waals surface area contributed by atoms with Crippen LogP contribution in [0.15, 0.2) is 65.6 Å². The molecule has 0 aliphatic carbocycles. The maximum atomic E-state index is 5.98. The van der Waals surface area contributed by atoms with Crippen LogP contribution in [0.3, 0.4) is 0 Å². The van der Waals surface area contributed by atoms with Crippen LogP contribution in [0, 0.1) is 0 Å². The lowest BCUT2D eigenvalue weighted by atomic mass is 10.0. The minimum Gasteiger partial charge on any atom is -0.369 e. The van der Waals surface area contributed by atoms with Crippen LogP contribution in [0.25, 0.3) is 0 Å². The molecule has 0 amide bonds. The van der Waals surface area contributed by atoms with Gasteiger partial charge in [0.1, 0.15) is 0 Å². The third kappa shape index (κ3) is 4.02. The van der Waals surface area contributed by atoms with Gasteiger partial charge in [-0.3, -0.25) is 4.98 Å². The molecule has 3 rings (SSSR count). The van der Waals surface area contributed by atoms with Gasteiger partial charge in [-0.2, -0.15) is 0 Å². The number of rotatable bonds is 5. The Kier molecular flexibility index (Phi) is 4.94. The number of allylic oxidation sites excluding steroid dienone is 1. The maximum Gasteiger partial charge on any atom is 0.196 e. The molecule has 1 aromatic heterocycles. The number of likely N-dealkylation sites (N-methyl/N-ethyl adjacent to an activating group) is 1. The van der Waals surface area contributed by atoms with Crippen molar-refractivity contribution >= 4 is 5.96 Å². The molecule has 1 aliphatic heterocycles. The minimum absolute atomic E-state index is 0.285. The number of aryl methyl sites for hydroxylation is 2. The molecule has 2 heterocycles. The van der Waals surface area contributed by atoms with E-state index in [-0.39, 0.29) is 6.04 Å². The normalized spacial score (nSPS) is 17.4. The van der Waals surface area contributed by atoms with E-state index in [0.717, 1.165) is 25.0 Å². The molecule has 0 fully saturated rings. The first-order chi connectivity index (χ1) is 11.6. The highest BCUT2D eigenvalue weighted by atomic mass is 15.3. The molecule has 1 atom stereocenters. The summed E-state index contributed by atoms with van der Waals surface area (Å²) in [7, 11) is 1.97. The molecule has 24 heavy (non-hydrogen) atoms. The molecule has 0 spiro atoms. The van der Waals surface area contributed by atoms with Crippen LogP contribution in [0.2, 0.25) is 0 Å². The average Bonchev–Trinajstić information content (AvgIpc) is 2.59. The zero-order valence-corrected chi connectivity index (χ0v) is 14.3. The maximum absolute atomic E-state index is 5.98. The molecule has 1 unspecified atom stereocenters. The van der Waals surface area contributed by atoms with Gasteiger partial charge in [-0.05, 0) is 54.7 Å². The Hall–Kier alpha value is -2.62. The van der Waals surface area contributed by atoms with Gasteiger partial charge >= 0.3 is 0 Å². The highest BCUT2D eigenvalue weighted by Crippen LogP contribution is 2.17. The molecule has 0 saturated heterocycles. The Morgan fingerprint density at radius 2 is 1.75 bits per heavy atom. The molecule has 4 nitrogen and oxygen atoms in total. The van der Waals surface area contributed by atoms with E-state index >= 15 is 0 Å². The summed E-state index contributed by atoms with van der Waals surface area (Å²) in [6.45, 7) is 2.13. The molecule has 2 N–H and O–H groups in total. The summed E-state index contributed by atoms with van der Waals surface area (Å²) in [6, 6.07) is 13.2. The van der Waals surface area contributed by atoms with Gasteiger partial charge in [-0.15, -0.1) is 0 Å². The minimum atomic E-state index is 0.285. The largest absolute Gasteiger partial charge is 0.369 e. The SMILES string of the molecule is CC1C=C(Cc2cccc(CCc3ccncc3)c2)N=C(N)N1C. The van der Waals surface area contributed by atoms with Crippen molar-refractivity contribution < 1.29 is 0 Å². The lowest BCUT2D eigenvalue weighted by Gasteiger charge is -2.27. The number of hydrogen-bond acceptors (Lipinski definition) is 4. The van der Waals surface area contributed by atoms with Crippen molar-refractivity contribution in [1.82, 2.24) is 9.88 Å². The Labute approximate surface area is 143 Å². The number of aliphatic imine (C=N–C) groups is 1. The van der Waals surface area contributed by atoms with Crippen molar-refractivity contribution in [3.8, 4) is 0 Å². The molecular weight excluding hydrogens is 296 g/mol. The Balaban J connectivity index is 1.66. The predicted octanol–water partition coefficient (Wildman–Crippen LogP) is 2.94. The smallest absolute Gasteiger partial charge is 0.196 e. The molecule has 0 bridgehead atoms. The molecule has 0 saturated carbocycles. The second-order valence-corrected chi connectivity index (χ2v) is 6.33. The number of pyridine rings is 1. The first-order valence-electron chi connectivity index (χ1n) is 8.36. The van der Waals surface area contributed by atoms with E-state index in [1.54, 1.807) is 0 Å². The molecule has 1 aromatic carbocycles. The van der Waals surface area contributed by atoms with Crippen LogP contribution in [-0.2, 0) is 19.3 Å². The summed E-state index contributed by atoms with van der Waals surface area (Å²) in [4.78, 5) is 10.6. The zero-order chi connectivity index (χ0) is 16.9. The zero-order valence-electron chi connectivity index (χ0n) is 14.3. The van der Waals surface area contributed by atoms with Crippen molar-refractivity contribution in [3.05, 3.63) is 77.3 Å². The fourth-order valence-electron chi connectivity index (χ4n) is 2.90. The molecule has 124 valence electrons. The Bertz CT molecular complexity index is 749. The lowest BCUT2D eigenvalue weighted by molar-refractivity contribution is 0.436. The van der Waals surface area contributed by atoms with E-state index in [2.05, 4.69) is 59.4 Å². The molecule has 1 aliphatic rings. The summed E-state index contributed by atoms with van der Waals surface area (Å²) in [6.07, 6.45) is 8.76. The van der Waals surface area contributed by atoms with Crippen molar-refractivity contribution in [1.29, 1.82) is 0 Å². The second-order valence-electron chi connectivity index (χ2n) is 6.33. The number of guanidine groups is 1. The fraction of sp³-hybridized carbons (Fsp3) is 0.300. The van der Waals surface area contributed by atoms with Crippen LogP contribution in [0.4, 0.5) is 0 Å². The topological polar surface area (TPSA) is 54.5 Å². The number of nitrogens with zero attached hydrogens (tertiary/aromatic N) is 3. The number of aromatic nitrogens is 1. The fourth-order valence-corrected chi connectivity index (χ4v) is 2.90. The first-order valence-corrected chi connectivity index (χ1v) is 8.36. The number of nitrogens with two attached hydrogens (primary N) is 1. The summed E-state index contributed by atoms with van der Waals surface area (Å²) >= 11 is 0. The van der Waals surface area contributed by atoms with E-state index in [1.807, 2.05) is 24.3 Å². The van der Waals surface area contributed by atoms with E-state index in [1.165, 1.54) is 16.7 Å². The van der Waals surface area contributed by atoms with Gasteiger partial charge in [0.25, 0.3) is 0 Å². The van der Waals surface area contributed by atoms with Crippen LogP contribution < -0.4 is 5.73 Å². The average molecular weight is 320 g/mol. The Morgan fingerprint density at radius 1 is 1.04 bits per heavy atom. The standard InChI is InChI=1S/C20H24N4/c1-15-12-19(23-20(21)24(15)2)14-18-5-3-4-17(13-18)7-6-16-8-10-22-11-9-16/h3-5,8-13,15H,6-7,14H2,1-2H3,(H2,21,23). The quantitative estimate of drug-likeness (QED) is 0.921. The highest BCUT2D eigenvalue weighted by molar-refractivity contribution is 5.80. The summed E-state index contributed by atoms with van der Waals surface area (Å²) in [5.41, 5.74) is 11.0. The molecule has 0 radical (unpaired) electrons. The van der Waals surface area contributed by atoms with Gasteiger partial charge in [0, 0.05) is 37.6 Å². The second kappa shape index (κ2) is 7.30. The summed E-state index contributed by atoms with van der Waals surface area (Å²) < 4.78 is 0. The van der Waals surface area contributed by atoms with Gasteiger partial charge in [-0.1, -0.05) is 24.3 Å². The van der Waals surface area contributed by atoms with Gasteiger partial charge < -0.3 is 10.6 Å². The Morgan fingerprint density at radius 3 is 2.50 bits per heavy atom.